The number of thioether (sulfide) groups is 1. The second kappa shape index (κ2) is 5.40. The van der Waals surface area contributed by atoms with E-state index in [1.165, 1.54) is 0 Å². The molecule has 18 heavy (non-hydrogen) atoms. The number of ketones is 1. The van der Waals surface area contributed by atoms with Crippen molar-refractivity contribution in [2.75, 3.05) is 5.75 Å². The molecule has 0 saturated carbocycles. The summed E-state index contributed by atoms with van der Waals surface area (Å²) >= 11 is 1.55. The van der Waals surface area contributed by atoms with Gasteiger partial charge in [0.15, 0.2) is 5.78 Å². The Morgan fingerprint density at radius 1 is 1.33 bits per heavy atom. The van der Waals surface area contributed by atoms with Crippen molar-refractivity contribution in [3.8, 4) is 0 Å². The fourth-order valence-electron chi connectivity index (χ4n) is 1.80. The summed E-state index contributed by atoms with van der Waals surface area (Å²) in [4.78, 5) is 17.2. The van der Waals surface area contributed by atoms with Crippen molar-refractivity contribution in [3.63, 3.8) is 0 Å². The summed E-state index contributed by atoms with van der Waals surface area (Å²) in [6.45, 7) is 4.00. The monoisotopic (exact) mass is 260 g/mol. The number of rotatable bonds is 4. The third-order valence-corrected chi connectivity index (χ3v) is 4.11. The summed E-state index contributed by atoms with van der Waals surface area (Å²) in [6.07, 6.45) is 3.48. The molecule has 0 aliphatic heterocycles. The van der Waals surface area contributed by atoms with E-state index in [4.69, 9.17) is 0 Å². The number of Topliss-reactive ketones (excluding diaryl/α,β-unsaturated/α-hetero) is 1. The van der Waals surface area contributed by atoms with Crippen LogP contribution in [0.4, 0.5) is 0 Å². The maximum absolute atomic E-state index is 12.2. The Labute approximate surface area is 111 Å². The molecule has 0 atom stereocenters. The largest absolute Gasteiger partial charge is 0.351 e. The molecule has 0 bridgehead atoms. The maximum atomic E-state index is 12.2. The first-order chi connectivity index (χ1) is 8.59. The van der Waals surface area contributed by atoms with Gasteiger partial charge in [0.1, 0.15) is 0 Å². The van der Waals surface area contributed by atoms with Gasteiger partial charge in [0.05, 0.1) is 5.75 Å². The van der Waals surface area contributed by atoms with Crippen molar-refractivity contribution in [1.82, 2.24) is 9.55 Å². The summed E-state index contributed by atoms with van der Waals surface area (Å²) in [5.41, 5.74) is 2.98. The van der Waals surface area contributed by atoms with Crippen LogP contribution in [0.1, 0.15) is 21.7 Å². The van der Waals surface area contributed by atoms with Gasteiger partial charge in [-0.25, -0.2) is 0 Å². The summed E-state index contributed by atoms with van der Waals surface area (Å²) < 4.78 is 2.05. The molecular formula is C14H16N2OS. The van der Waals surface area contributed by atoms with Crippen LogP contribution in [-0.4, -0.2) is 21.1 Å². The van der Waals surface area contributed by atoms with Gasteiger partial charge in [0.2, 0.25) is 0 Å². The van der Waals surface area contributed by atoms with Gasteiger partial charge in [-0.2, -0.15) is 0 Å². The van der Waals surface area contributed by atoms with Gasteiger partial charge in [-0.1, -0.05) is 0 Å². The molecule has 4 heteroatoms. The molecule has 2 aromatic heterocycles. The summed E-state index contributed by atoms with van der Waals surface area (Å²) in [6, 6.07) is 5.80. The van der Waals surface area contributed by atoms with Gasteiger partial charge in [0.25, 0.3) is 0 Å². The molecule has 2 aromatic rings. The molecule has 0 aliphatic carbocycles. The predicted octanol–water partition coefficient (Wildman–Crippen LogP) is 3.01. The number of aromatic nitrogens is 2. The van der Waals surface area contributed by atoms with Gasteiger partial charge in [-0.15, -0.1) is 11.8 Å². The van der Waals surface area contributed by atoms with Crippen molar-refractivity contribution in [2.24, 2.45) is 7.05 Å². The van der Waals surface area contributed by atoms with E-state index in [2.05, 4.69) is 4.98 Å². The zero-order valence-electron chi connectivity index (χ0n) is 10.8. The summed E-state index contributed by atoms with van der Waals surface area (Å²) in [7, 11) is 1.98. The average Bonchev–Trinajstić information content (AvgIpc) is 2.65. The molecule has 0 saturated heterocycles. The highest BCUT2D eigenvalue weighted by molar-refractivity contribution is 8.00. The molecule has 94 valence electrons. The lowest BCUT2D eigenvalue weighted by Crippen LogP contribution is -2.04. The first-order valence-electron chi connectivity index (χ1n) is 5.78. The highest BCUT2D eigenvalue weighted by Crippen LogP contribution is 2.20. The van der Waals surface area contributed by atoms with Crippen LogP contribution in [0, 0.1) is 13.8 Å². The van der Waals surface area contributed by atoms with E-state index in [1.54, 1.807) is 24.2 Å². The van der Waals surface area contributed by atoms with Gasteiger partial charge < -0.3 is 4.57 Å². The van der Waals surface area contributed by atoms with E-state index < -0.39 is 0 Å². The van der Waals surface area contributed by atoms with E-state index in [9.17, 15) is 4.79 Å². The third kappa shape index (κ3) is 2.64. The van der Waals surface area contributed by atoms with E-state index in [1.807, 2.05) is 43.7 Å². The first-order valence-corrected chi connectivity index (χ1v) is 6.77. The van der Waals surface area contributed by atoms with Crippen LogP contribution in [0.5, 0.6) is 0 Å². The normalized spacial score (nSPS) is 10.6. The molecule has 0 amide bonds. The fourth-order valence-corrected chi connectivity index (χ4v) is 2.57. The minimum Gasteiger partial charge on any atom is -0.351 e. The van der Waals surface area contributed by atoms with Crippen molar-refractivity contribution in [1.29, 1.82) is 0 Å². The molecule has 0 aromatic carbocycles. The molecule has 0 N–H and O–H groups in total. The number of aryl methyl sites for hydroxylation is 1. The molecule has 0 fully saturated rings. The van der Waals surface area contributed by atoms with Crippen LogP contribution in [-0.2, 0) is 7.05 Å². The predicted molar refractivity (Wildman–Crippen MR) is 74.2 cm³/mol. The lowest BCUT2D eigenvalue weighted by molar-refractivity contribution is 0.102. The number of carbonyl (C=O) groups is 1. The van der Waals surface area contributed by atoms with Crippen molar-refractivity contribution in [3.05, 3.63) is 47.5 Å². The SMILES string of the molecule is Cc1cc(C(=O)CSc2ccncc2)c(C)n1C. The Morgan fingerprint density at radius 2 is 2.00 bits per heavy atom. The zero-order valence-corrected chi connectivity index (χ0v) is 11.6. The molecule has 2 rings (SSSR count). The van der Waals surface area contributed by atoms with Crippen LogP contribution in [0.3, 0.4) is 0 Å². The molecule has 0 aliphatic rings. The lowest BCUT2D eigenvalue weighted by Gasteiger charge is -2.02. The fraction of sp³-hybridized carbons (Fsp3) is 0.286. The van der Waals surface area contributed by atoms with Crippen molar-refractivity contribution >= 4 is 17.5 Å². The highest BCUT2D eigenvalue weighted by atomic mass is 32.2. The molecular weight excluding hydrogens is 244 g/mol. The van der Waals surface area contributed by atoms with Crippen LogP contribution < -0.4 is 0 Å². The van der Waals surface area contributed by atoms with Crippen LogP contribution in [0.25, 0.3) is 0 Å². The Morgan fingerprint density at radius 3 is 2.56 bits per heavy atom. The zero-order chi connectivity index (χ0) is 13.1. The average molecular weight is 260 g/mol. The van der Waals surface area contributed by atoms with E-state index in [0.29, 0.717) is 5.75 Å². The Balaban J connectivity index is 2.06. The maximum Gasteiger partial charge on any atom is 0.174 e. The number of pyridine rings is 1. The summed E-state index contributed by atoms with van der Waals surface area (Å²) in [5, 5.41) is 0. The second-order valence-electron chi connectivity index (χ2n) is 4.24. The lowest BCUT2D eigenvalue weighted by atomic mass is 10.2. The van der Waals surface area contributed by atoms with Crippen LogP contribution >= 0.6 is 11.8 Å². The van der Waals surface area contributed by atoms with Gasteiger partial charge in [0, 0.05) is 41.3 Å². The Kier molecular flexibility index (Phi) is 3.87. The van der Waals surface area contributed by atoms with Gasteiger partial charge in [-0.3, -0.25) is 9.78 Å². The van der Waals surface area contributed by atoms with Gasteiger partial charge >= 0.3 is 0 Å². The van der Waals surface area contributed by atoms with Crippen molar-refractivity contribution < 1.29 is 4.79 Å². The molecule has 2 heterocycles. The standard InChI is InChI=1S/C14H16N2OS/c1-10-8-13(11(2)16(10)3)14(17)9-18-12-4-6-15-7-5-12/h4-8H,9H2,1-3H3. The highest BCUT2D eigenvalue weighted by Gasteiger charge is 2.13. The van der Waals surface area contributed by atoms with E-state index in [0.717, 1.165) is 21.8 Å². The summed E-state index contributed by atoms with van der Waals surface area (Å²) in [5.74, 6) is 0.645. The number of nitrogens with zero attached hydrogens (tertiary/aromatic N) is 2. The van der Waals surface area contributed by atoms with E-state index in [-0.39, 0.29) is 5.78 Å². The molecule has 3 nitrogen and oxygen atoms in total. The molecule has 0 spiro atoms. The number of hydrogen-bond acceptors (Lipinski definition) is 3. The first kappa shape index (κ1) is 12.9. The van der Waals surface area contributed by atoms with E-state index >= 15 is 0 Å². The molecule has 0 unspecified atom stereocenters. The topological polar surface area (TPSA) is 34.9 Å². The van der Waals surface area contributed by atoms with Crippen LogP contribution in [0.15, 0.2) is 35.5 Å². The minimum absolute atomic E-state index is 0.179. The second-order valence-corrected chi connectivity index (χ2v) is 5.29. The van der Waals surface area contributed by atoms with Crippen molar-refractivity contribution in [2.45, 2.75) is 18.7 Å². The minimum atomic E-state index is 0.179. The van der Waals surface area contributed by atoms with Crippen LogP contribution in [0.2, 0.25) is 0 Å². The smallest absolute Gasteiger partial charge is 0.174 e. The van der Waals surface area contributed by atoms with Gasteiger partial charge in [-0.05, 0) is 32.0 Å². The number of hydrogen-bond donors (Lipinski definition) is 0. The quantitative estimate of drug-likeness (QED) is 0.626. The number of carbonyl (C=O) groups excluding carboxylic acids is 1. The Hall–Kier alpha value is -1.55. The Bertz CT molecular complexity index is 561. The molecule has 0 radical (unpaired) electrons. The third-order valence-electron chi connectivity index (χ3n) is 3.10.